The van der Waals surface area contributed by atoms with Gasteiger partial charge in [0.15, 0.2) is 0 Å². The normalized spacial score (nSPS) is 15.6. The van der Waals surface area contributed by atoms with Crippen LogP contribution in [0.15, 0.2) is 16.6 Å². The Balaban J connectivity index is 2.11. The number of aromatic nitrogens is 1. The summed E-state index contributed by atoms with van der Waals surface area (Å²) >= 11 is 3.42. The summed E-state index contributed by atoms with van der Waals surface area (Å²) in [6.07, 6.45) is 0.388. The lowest BCUT2D eigenvalue weighted by molar-refractivity contribution is 0.169. The van der Waals surface area contributed by atoms with Gasteiger partial charge in [-0.3, -0.25) is 4.90 Å². The molecule has 0 unspecified atom stereocenters. The van der Waals surface area contributed by atoms with Crippen molar-refractivity contribution in [1.29, 1.82) is 0 Å². The number of ether oxygens (including phenoxy) is 1. The molecule has 1 aromatic heterocycles. The Hall–Kier alpha value is -1.14. The molecule has 0 radical (unpaired) electrons. The van der Waals surface area contributed by atoms with Crippen molar-refractivity contribution < 1.29 is 9.53 Å². The predicted octanol–water partition coefficient (Wildman–Crippen LogP) is 1.51. The molecule has 0 spiro atoms. The van der Waals surface area contributed by atoms with Gasteiger partial charge in [0.05, 0.1) is 5.69 Å². The van der Waals surface area contributed by atoms with E-state index in [0.717, 1.165) is 29.8 Å². The van der Waals surface area contributed by atoms with Gasteiger partial charge in [-0.15, -0.1) is 0 Å². The fraction of sp³-hybridized carbons (Fsp3) is 0.400. The van der Waals surface area contributed by atoms with E-state index in [1.54, 1.807) is 12.1 Å². The zero-order valence-corrected chi connectivity index (χ0v) is 10.2. The number of halogens is 1. The van der Waals surface area contributed by atoms with E-state index in [1.807, 2.05) is 0 Å². The van der Waals surface area contributed by atoms with Gasteiger partial charge in [-0.05, 0) is 41.5 Å². The number of rotatable bonds is 3. The number of carbonyl (C=O) groups is 1. The molecule has 1 amide bonds. The first-order valence-corrected chi connectivity index (χ1v) is 5.79. The van der Waals surface area contributed by atoms with E-state index in [0.29, 0.717) is 0 Å². The van der Waals surface area contributed by atoms with Crippen molar-refractivity contribution >= 4 is 22.0 Å². The van der Waals surface area contributed by atoms with Gasteiger partial charge in [0, 0.05) is 17.1 Å². The summed E-state index contributed by atoms with van der Waals surface area (Å²) in [5, 5.41) is 0. The fourth-order valence-electron chi connectivity index (χ4n) is 1.49. The van der Waals surface area contributed by atoms with Crippen LogP contribution >= 0.6 is 15.9 Å². The maximum Gasteiger partial charge on any atom is 0.411 e. The van der Waals surface area contributed by atoms with Crippen LogP contribution in [0.1, 0.15) is 12.1 Å². The quantitative estimate of drug-likeness (QED) is 0.914. The highest BCUT2D eigenvalue weighted by Gasteiger charge is 2.16. The molecule has 1 aromatic rings. The van der Waals surface area contributed by atoms with Crippen LogP contribution in [0.2, 0.25) is 0 Å². The summed E-state index contributed by atoms with van der Waals surface area (Å²) in [5.74, 6) is 0.242. The van der Waals surface area contributed by atoms with Crippen LogP contribution in [0.3, 0.4) is 0 Å². The molecule has 0 atom stereocenters. The second-order valence-corrected chi connectivity index (χ2v) is 4.48. The molecule has 0 bridgehead atoms. The van der Waals surface area contributed by atoms with Gasteiger partial charge in [0.25, 0.3) is 0 Å². The molecular formula is C10H12BrN3O2. The molecule has 2 rings (SSSR count). The van der Waals surface area contributed by atoms with Gasteiger partial charge in [0.1, 0.15) is 0 Å². The number of nitrogens with two attached hydrogens (primary N) is 1. The van der Waals surface area contributed by atoms with Crippen LogP contribution in [0.25, 0.3) is 0 Å². The topological polar surface area (TPSA) is 68.5 Å². The lowest BCUT2D eigenvalue weighted by Crippen LogP contribution is -2.36. The second kappa shape index (κ2) is 4.80. The summed E-state index contributed by atoms with van der Waals surface area (Å²) in [5.41, 5.74) is 5.79. The molecule has 1 fully saturated rings. The van der Waals surface area contributed by atoms with Crippen molar-refractivity contribution in [2.24, 2.45) is 5.73 Å². The van der Waals surface area contributed by atoms with Crippen molar-refractivity contribution in [3.05, 3.63) is 22.3 Å². The number of primary amides is 1. The zero-order valence-electron chi connectivity index (χ0n) is 8.65. The summed E-state index contributed by atoms with van der Waals surface area (Å²) in [7, 11) is 0. The molecule has 6 heteroatoms. The minimum absolute atomic E-state index is 0.242. The van der Waals surface area contributed by atoms with E-state index in [9.17, 15) is 4.79 Å². The number of hydrogen-bond donors (Lipinski definition) is 1. The van der Waals surface area contributed by atoms with Crippen LogP contribution in [-0.2, 0) is 6.54 Å². The molecule has 5 nitrogen and oxygen atoms in total. The molecule has 1 aliphatic rings. The molecular weight excluding hydrogens is 274 g/mol. The number of likely N-dealkylation sites (tertiary alicyclic amines) is 1. The van der Waals surface area contributed by atoms with Crippen molar-refractivity contribution in [2.45, 2.75) is 13.0 Å². The van der Waals surface area contributed by atoms with E-state index in [4.69, 9.17) is 10.5 Å². The van der Waals surface area contributed by atoms with Crippen LogP contribution in [0.5, 0.6) is 5.88 Å². The van der Waals surface area contributed by atoms with E-state index in [-0.39, 0.29) is 5.88 Å². The van der Waals surface area contributed by atoms with E-state index < -0.39 is 6.09 Å². The average Bonchev–Trinajstić information content (AvgIpc) is 2.15. The molecule has 0 aliphatic carbocycles. The predicted molar refractivity (Wildman–Crippen MR) is 62.0 cm³/mol. The summed E-state index contributed by atoms with van der Waals surface area (Å²) in [6.45, 7) is 2.95. The smallest absolute Gasteiger partial charge is 0.391 e. The maximum atomic E-state index is 10.6. The van der Waals surface area contributed by atoms with Gasteiger partial charge in [0.2, 0.25) is 5.88 Å². The van der Waals surface area contributed by atoms with Gasteiger partial charge in [-0.25, -0.2) is 9.78 Å². The van der Waals surface area contributed by atoms with Crippen molar-refractivity contribution in [1.82, 2.24) is 9.88 Å². The molecule has 1 saturated heterocycles. The van der Waals surface area contributed by atoms with Crippen LogP contribution in [0.4, 0.5) is 4.79 Å². The minimum Gasteiger partial charge on any atom is -0.391 e. The van der Waals surface area contributed by atoms with Crippen LogP contribution < -0.4 is 10.5 Å². The highest BCUT2D eigenvalue weighted by Crippen LogP contribution is 2.21. The monoisotopic (exact) mass is 285 g/mol. The lowest BCUT2D eigenvalue weighted by atomic mass is 10.2. The standard InChI is InChI=1S/C10H12BrN3O2/c11-7-2-3-9(16-10(12)15)13-8(7)6-14-4-1-5-14/h2-3H,1,4-6H2,(H2,12,15). The van der Waals surface area contributed by atoms with Gasteiger partial charge in [-0.1, -0.05) is 0 Å². The Morgan fingerprint density at radius 1 is 1.56 bits per heavy atom. The number of nitrogens with zero attached hydrogens (tertiary/aromatic N) is 2. The van der Waals surface area contributed by atoms with E-state index in [1.165, 1.54) is 6.42 Å². The number of hydrogen-bond acceptors (Lipinski definition) is 4. The van der Waals surface area contributed by atoms with Crippen LogP contribution in [0, 0.1) is 0 Å². The van der Waals surface area contributed by atoms with Crippen molar-refractivity contribution in [3.8, 4) is 5.88 Å². The molecule has 0 aromatic carbocycles. The largest absolute Gasteiger partial charge is 0.411 e. The molecule has 16 heavy (non-hydrogen) atoms. The minimum atomic E-state index is -0.843. The van der Waals surface area contributed by atoms with Gasteiger partial charge >= 0.3 is 6.09 Å². The third-order valence-corrected chi connectivity index (χ3v) is 3.14. The van der Waals surface area contributed by atoms with Gasteiger partial charge in [-0.2, -0.15) is 0 Å². The third kappa shape index (κ3) is 2.70. The number of pyridine rings is 1. The highest BCUT2D eigenvalue weighted by atomic mass is 79.9. The first-order valence-electron chi connectivity index (χ1n) is 5.00. The molecule has 86 valence electrons. The molecule has 2 heterocycles. The Labute approximate surface area is 102 Å². The van der Waals surface area contributed by atoms with Gasteiger partial charge < -0.3 is 10.5 Å². The Morgan fingerprint density at radius 2 is 2.31 bits per heavy atom. The summed E-state index contributed by atoms with van der Waals surface area (Å²) < 4.78 is 5.64. The second-order valence-electron chi connectivity index (χ2n) is 3.63. The van der Waals surface area contributed by atoms with E-state index >= 15 is 0 Å². The highest BCUT2D eigenvalue weighted by molar-refractivity contribution is 9.10. The first-order chi connectivity index (χ1) is 7.65. The SMILES string of the molecule is NC(=O)Oc1ccc(Br)c(CN2CCC2)n1. The first kappa shape index (κ1) is 11.3. The molecule has 1 aliphatic heterocycles. The molecule has 0 saturated carbocycles. The van der Waals surface area contributed by atoms with Crippen molar-refractivity contribution in [2.75, 3.05) is 13.1 Å². The van der Waals surface area contributed by atoms with Crippen molar-refractivity contribution in [3.63, 3.8) is 0 Å². The summed E-state index contributed by atoms with van der Waals surface area (Å²) in [6, 6.07) is 3.41. The zero-order chi connectivity index (χ0) is 11.5. The Bertz CT molecular complexity index is 407. The Kier molecular flexibility index (Phi) is 3.40. The third-order valence-electron chi connectivity index (χ3n) is 2.42. The fourth-order valence-corrected chi connectivity index (χ4v) is 1.83. The maximum absolute atomic E-state index is 10.6. The summed E-state index contributed by atoms with van der Waals surface area (Å²) in [4.78, 5) is 17.1. The van der Waals surface area contributed by atoms with E-state index in [2.05, 4.69) is 25.8 Å². The Morgan fingerprint density at radius 3 is 2.88 bits per heavy atom. The average molecular weight is 286 g/mol. The lowest BCUT2D eigenvalue weighted by Gasteiger charge is -2.30. The molecule has 2 N–H and O–H groups in total. The number of amides is 1. The van der Waals surface area contributed by atoms with Crippen LogP contribution in [-0.4, -0.2) is 29.1 Å². The number of carbonyl (C=O) groups excluding carboxylic acids is 1.